The number of anilines is 1. The zero-order valence-electron chi connectivity index (χ0n) is 20.4. The van der Waals surface area contributed by atoms with Gasteiger partial charge >= 0.3 is 0 Å². The van der Waals surface area contributed by atoms with Gasteiger partial charge in [0.25, 0.3) is 15.6 Å². The highest BCUT2D eigenvalue weighted by molar-refractivity contribution is 7.92. The first-order valence-corrected chi connectivity index (χ1v) is 15.7. The quantitative estimate of drug-likeness (QED) is 0.482. The van der Waals surface area contributed by atoms with Crippen LogP contribution in [0.4, 0.5) is 10.1 Å². The zero-order chi connectivity index (χ0) is 27.3. The summed E-state index contributed by atoms with van der Waals surface area (Å²) in [6.07, 6.45) is 7.76. The lowest BCUT2D eigenvalue weighted by Gasteiger charge is -2.24. The molecule has 0 bridgehead atoms. The van der Waals surface area contributed by atoms with Gasteiger partial charge in [0.15, 0.2) is 9.84 Å². The third kappa shape index (κ3) is 3.70. The molecule has 1 saturated heterocycles. The van der Waals surface area contributed by atoms with Gasteiger partial charge in [0.1, 0.15) is 27.1 Å². The number of hydrogen-bond donors (Lipinski definition) is 2. The lowest BCUT2D eigenvalue weighted by atomic mass is 10.1. The molecule has 2 fully saturated rings. The first kappa shape index (κ1) is 24.3. The molecule has 39 heavy (non-hydrogen) atoms. The summed E-state index contributed by atoms with van der Waals surface area (Å²) in [5.41, 5.74) is -1.35. The van der Waals surface area contributed by atoms with E-state index in [4.69, 9.17) is 0 Å². The van der Waals surface area contributed by atoms with E-state index < -0.39 is 41.8 Å². The molecule has 4 heterocycles. The maximum atomic E-state index is 14.3. The second-order valence-corrected chi connectivity index (χ2v) is 14.4. The normalized spacial score (nSPS) is 29.2. The van der Waals surface area contributed by atoms with Gasteiger partial charge in [-0.2, -0.15) is 0 Å². The summed E-state index contributed by atoms with van der Waals surface area (Å²) in [7, 11) is -7.62. The molecule has 202 valence electrons. The van der Waals surface area contributed by atoms with Gasteiger partial charge in [-0.1, -0.05) is 18.2 Å². The van der Waals surface area contributed by atoms with Gasteiger partial charge in [-0.25, -0.2) is 25.9 Å². The third-order valence-electron chi connectivity index (χ3n) is 7.95. The minimum absolute atomic E-state index is 0.0518. The number of alkyl halides is 1. The first-order valence-electron chi connectivity index (χ1n) is 12.5. The van der Waals surface area contributed by atoms with Gasteiger partial charge in [-0.15, -0.1) is 0 Å². The van der Waals surface area contributed by atoms with Crippen molar-refractivity contribution < 1.29 is 21.2 Å². The number of hydrogen-bond acceptors (Lipinski definition) is 7. The fraction of sp³-hybridized carbons (Fsp3) is 0.308. The average molecular weight is 571 g/mol. The smallest absolute Gasteiger partial charge is 0.280 e. The Hall–Kier alpha value is -3.71. The van der Waals surface area contributed by atoms with Gasteiger partial charge in [-0.3, -0.25) is 18.8 Å². The molecule has 3 unspecified atom stereocenters. The highest BCUT2D eigenvalue weighted by Crippen LogP contribution is 2.52. The number of sulfonamides is 1. The average Bonchev–Trinajstić information content (AvgIpc) is 3.16. The standard InChI is InChI=1S/C26H23FN4O6S2/c27-26-8-7-15(11-17(26)13-26)14-31-25(33)22(23(32)19-3-1-9-30(19)31)24-28-18-6-5-16(12-21(18)39(36,37)29-24)20-4-2-10-38(20,34)35/h1,3,5-9,11-12,17,20,28-29H,2,4,10,13-14H2. The predicted octanol–water partition coefficient (Wildman–Crippen LogP) is 1.12. The van der Waals surface area contributed by atoms with Crippen LogP contribution in [0.5, 0.6) is 0 Å². The van der Waals surface area contributed by atoms with E-state index in [1.54, 1.807) is 30.5 Å². The third-order valence-corrected chi connectivity index (χ3v) is 11.6. The van der Waals surface area contributed by atoms with Crippen molar-refractivity contribution in [3.8, 4) is 0 Å². The van der Waals surface area contributed by atoms with E-state index in [-0.39, 0.29) is 45.4 Å². The van der Waals surface area contributed by atoms with Gasteiger partial charge in [0.05, 0.1) is 23.2 Å². The van der Waals surface area contributed by atoms with Gasteiger partial charge in [0.2, 0.25) is 5.43 Å². The van der Waals surface area contributed by atoms with Crippen LogP contribution in [0, 0.1) is 5.92 Å². The van der Waals surface area contributed by atoms with Crippen LogP contribution in [0.3, 0.4) is 0 Å². The van der Waals surface area contributed by atoms with E-state index in [1.807, 2.05) is 0 Å². The molecule has 3 aromatic rings. The number of aromatic nitrogens is 2. The lowest BCUT2D eigenvalue weighted by Crippen LogP contribution is -2.53. The second-order valence-electron chi connectivity index (χ2n) is 10.5. The monoisotopic (exact) mass is 570 g/mol. The molecule has 2 aliphatic carbocycles. The molecule has 1 aromatic carbocycles. The Kier molecular flexibility index (Phi) is 4.94. The summed E-state index contributed by atoms with van der Waals surface area (Å²) in [4.78, 5) is 26.9. The SMILES string of the molecule is O=c1c(=C2Nc3ccc(C4CCCS4(=O)=O)cc3S(=O)(=O)N2)c(=O)n(CC2=CC3CC3(F)C=C2)n2cccc12. The van der Waals surface area contributed by atoms with E-state index in [1.165, 1.54) is 33.5 Å². The summed E-state index contributed by atoms with van der Waals surface area (Å²) in [6.45, 7) is 0.0518. The summed E-state index contributed by atoms with van der Waals surface area (Å²) in [5, 5.41) is 1.71. The molecule has 13 heteroatoms. The number of nitrogens with one attached hydrogen (secondary N) is 2. The molecule has 2 aliphatic heterocycles. The number of sulfone groups is 1. The first-order chi connectivity index (χ1) is 18.5. The summed E-state index contributed by atoms with van der Waals surface area (Å²) in [6, 6.07) is 7.46. The van der Waals surface area contributed by atoms with Crippen molar-refractivity contribution >= 4 is 36.9 Å². The highest BCUT2D eigenvalue weighted by atomic mass is 32.2. The Bertz CT molecular complexity index is 2060. The van der Waals surface area contributed by atoms with Crippen molar-refractivity contribution in [2.24, 2.45) is 5.92 Å². The van der Waals surface area contributed by atoms with Crippen molar-refractivity contribution in [2.45, 2.75) is 41.6 Å². The Morgan fingerprint density at radius 1 is 1.13 bits per heavy atom. The lowest BCUT2D eigenvalue weighted by molar-refractivity contribution is 0.360. The van der Waals surface area contributed by atoms with Crippen molar-refractivity contribution in [1.82, 2.24) is 13.9 Å². The van der Waals surface area contributed by atoms with E-state index in [0.29, 0.717) is 30.4 Å². The number of benzene rings is 1. The van der Waals surface area contributed by atoms with Crippen LogP contribution in [0.1, 0.15) is 30.1 Å². The molecule has 0 spiro atoms. The second kappa shape index (κ2) is 7.92. The molecule has 0 amide bonds. The fourth-order valence-corrected chi connectivity index (χ4v) is 8.95. The summed E-state index contributed by atoms with van der Waals surface area (Å²) < 4.78 is 70.8. The minimum Gasteiger partial charge on any atom is -0.339 e. The van der Waals surface area contributed by atoms with E-state index in [0.717, 1.165) is 0 Å². The maximum Gasteiger partial charge on any atom is 0.280 e. The maximum absolute atomic E-state index is 14.3. The molecule has 1 saturated carbocycles. The molecule has 2 N–H and O–H groups in total. The van der Waals surface area contributed by atoms with E-state index in [9.17, 15) is 30.8 Å². The van der Waals surface area contributed by atoms with E-state index in [2.05, 4.69) is 10.0 Å². The number of halogens is 1. The van der Waals surface area contributed by atoms with Crippen LogP contribution >= 0.6 is 0 Å². The van der Waals surface area contributed by atoms with Crippen molar-refractivity contribution in [3.05, 3.63) is 91.7 Å². The van der Waals surface area contributed by atoms with E-state index >= 15 is 0 Å². The topological polar surface area (TPSA) is 136 Å². The minimum atomic E-state index is -4.25. The number of allylic oxidation sites excluding steroid dienone is 4. The van der Waals surface area contributed by atoms with Crippen molar-refractivity contribution in [2.75, 3.05) is 11.1 Å². The zero-order valence-corrected chi connectivity index (χ0v) is 22.1. The molecule has 7 rings (SSSR count). The molecule has 0 radical (unpaired) electrons. The van der Waals surface area contributed by atoms with Crippen molar-refractivity contribution in [3.63, 3.8) is 0 Å². The number of nitrogens with zero attached hydrogens (tertiary/aromatic N) is 2. The molecular weight excluding hydrogens is 547 g/mol. The summed E-state index contributed by atoms with van der Waals surface area (Å²) in [5.74, 6) is -0.471. The highest BCUT2D eigenvalue weighted by Gasteiger charge is 2.53. The summed E-state index contributed by atoms with van der Waals surface area (Å²) >= 11 is 0. The number of fused-ring (bicyclic) bond motifs is 3. The number of rotatable bonds is 3. The molecular formula is C26H23FN4O6S2. The van der Waals surface area contributed by atoms with Crippen LogP contribution in [0.15, 0.2) is 74.8 Å². The van der Waals surface area contributed by atoms with Crippen molar-refractivity contribution in [1.29, 1.82) is 0 Å². The molecule has 10 nitrogen and oxygen atoms in total. The Balaban J connectivity index is 1.37. The van der Waals surface area contributed by atoms with Crippen LogP contribution in [-0.2, 0) is 26.4 Å². The van der Waals surface area contributed by atoms with Gasteiger partial charge in [-0.05, 0) is 60.7 Å². The molecule has 4 aliphatic rings. The Morgan fingerprint density at radius 2 is 1.95 bits per heavy atom. The van der Waals surface area contributed by atoms with Gasteiger partial charge < -0.3 is 5.32 Å². The predicted molar refractivity (Wildman–Crippen MR) is 142 cm³/mol. The van der Waals surface area contributed by atoms with Crippen LogP contribution in [0.25, 0.3) is 11.3 Å². The van der Waals surface area contributed by atoms with Crippen LogP contribution in [0.2, 0.25) is 0 Å². The Labute approximate surface area is 222 Å². The van der Waals surface area contributed by atoms with Crippen LogP contribution in [-0.4, -0.2) is 37.5 Å². The fourth-order valence-electron chi connectivity index (χ4n) is 5.78. The largest absolute Gasteiger partial charge is 0.339 e. The van der Waals surface area contributed by atoms with Crippen LogP contribution < -0.4 is 26.2 Å². The molecule has 2 aromatic heterocycles. The molecule has 3 atom stereocenters. The Morgan fingerprint density at radius 3 is 2.69 bits per heavy atom. The van der Waals surface area contributed by atoms with Gasteiger partial charge in [0, 0.05) is 12.1 Å².